The molecule has 8 nitrogen and oxygen atoms in total. The van der Waals surface area contributed by atoms with E-state index >= 15 is 0 Å². The third-order valence-electron chi connectivity index (χ3n) is 8.04. The monoisotopic (exact) mass is 465 g/mol. The maximum Gasteiger partial charge on any atom is 0.336 e. The van der Waals surface area contributed by atoms with Crippen molar-refractivity contribution in [3.8, 4) is 11.3 Å². The van der Waals surface area contributed by atoms with Crippen LogP contribution in [0.15, 0.2) is 24.4 Å². The first-order valence-corrected chi connectivity index (χ1v) is 12.8. The van der Waals surface area contributed by atoms with Crippen molar-refractivity contribution in [2.75, 3.05) is 13.1 Å². The number of aromatic carboxylic acids is 1. The normalized spacial score (nSPS) is 26.1. The van der Waals surface area contributed by atoms with Gasteiger partial charge in [-0.1, -0.05) is 29.7 Å². The molecule has 1 saturated heterocycles. The number of hydrogen-bond acceptors (Lipinski definition) is 5. The van der Waals surface area contributed by atoms with E-state index in [4.69, 9.17) is 0 Å². The van der Waals surface area contributed by atoms with Gasteiger partial charge in [0.15, 0.2) is 0 Å². The fourth-order valence-electron chi connectivity index (χ4n) is 6.06. The van der Waals surface area contributed by atoms with Crippen LogP contribution < -0.4 is 5.32 Å². The topological polar surface area (TPSA) is 100 Å². The number of carboxylic acids is 1. The lowest BCUT2D eigenvalue weighted by molar-refractivity contribution is -0.126. The summed E-state index contributed by atoms with van der Waals surface area (Å²) < 4.78 is 1.86. The minimum Gasteiger partial charge on any atom is -0.478 e. The minimum absolute atomic E-state index is 0.0650. The summed E-state index contributed by atoms with van der Waals surface area (Å²) in [6, 6.07) is 6.47. The first kappa shape index (κ1) is 23.0. The van der Waals surface area contributed by atoms with E-state index in [1.165, 1.54) is 25.7 Å². The maximum absolute atomic E-state index is 12.9. The third-order valence-corrected chi connectivity index (χ3v) is 8.04. The van der Waals surface area contributed by atoms with Crippen molar-refractivity contribution in [1.29, 1.82) is 0 Å². The van der Waals surface area contributed by atoms with Crippen LogP contribution in [0, 0.1) is 12.8 Å². The molecule has 0 radical (unpaired) electrons. The summed E-state index contributed by atoms with van der Waals surface area (Å²) in [5, 5.41) is 21.5. The number of rotatable bonds is 6. The largest absolute Gasteiger partial charge is 0.478 e. The fourth-order valence-corrected chi connectivity index (χ4v) is 6.06. The molecule has 2 heterocycles. The van der Waals surface area contributed by atoms with Crippen LogP contribution in [0.5, 0.6) is 0 Å². The Balaban J connectivity index is 1.15. The van der Waals surface area contributed by atoms with Crippen LogP contribution in [0.25, 0.3) is 11.3 Å². The minimum atomic E-state index is -0.968. The summed E-state index contributed by atoms with van der Waals surface area (Å²) in [6.07, 6.45) is 11.7. The van der Waals surface area contributed by atoms with Crippen molar-refractivity contribution in [2.24, 2.45) is 5.92 Å². The summed E-state index contributed by atoms with van der Waals surface area (Å²) >= 11 is 0. The Morgan fingerprint density at radius 2 is 1.79 bits per heavy atom. The Labute approximate surface area is 200 Å². The molecule has 3 fully saturated rings. The molecule has 1 aromatic heterocycles. The van der Waals surface area contributed by atoms with Crippen molar-refractivity contribution < 1.29 is 14.7 Å². The molecule has 182 valence electrons. The van der Waals surface area contributed by atoms with Gasteiger partial charge in [0.1, 0.15) is 5.69 Å². The molecule has 2 saturated carbocycles. The zero-order chi connectivity index (χ0) is 23.7. The highest BCUT2D eigenvalue weighted by Gasteiger charge is 2.33. The number of benzene rings is 1. The standard InChI is InChI=1S/C26H35N5O3/c1-17-6-11-22(26(33)34)23(14-17)24-16-31(29-28-24)21-9-7-18(8-10-21)25(32)27-19-12-13-30(15-19)20-4-2-3-5-20/h6,11,14,16,18-21H,2-5,7-10,12-13,15H2,1H3,(H,27,32)(H,33,34). The molecule has 1 atom stereocenters. The highest BCUT2D eigenvalue weighted by atomic mass is 16.4. The van der Waals surface area contributed by atoms with Crippen LogP contribution in [0.4, 0.5) is 0 Å². The van der Waals surface area contributed by atoms with Crippen LogP contribution >= 0.6 is 0 Å². The fraction of sp³-hybridized carbons (Fsp3) is 0.615. The molecular formula is C26H35N5O3. The summed E-state index contributed by atoms with van der Waals surface area (Å²) in [7, 11) is 0. The lowest BCUT2D eigenvalue weighted by atomic mass is 9.85. The second-order valence-electron chi connectivity index (χ2n) is 10.4. The van der Waals surface area contributed by atoms with Gasteiger partial charge in [0.2, 0.25) is 5.91 Å². The molecule has 0 bridgehead atoms. The highest BCUT2D eigenvalue weighted by Crippen LogP contribution is 2.33. The molecule has 1 unspecified atom stereocenters. The second-order valence-corrected chi connectivity index (χ2v) is 10.4. The van der Waals surface area contributed by atoms with E-state index < -0.39 is 5.97 Å². The number of carbonyl (C=O) groups is 2. The number of nitrogens with zero attached hydrogens (tertiary/aromatic N) is 4. The average molecular weight is 466 g/mol. The molecule has 34 heavy (non-hydrogen) atoms. The Morgan fingerprint density at radius 3 is 2.53 bits per heavy atom. The van der Waals surface area contributed by atoms with Crippen LogP contribution in [0.3, 0.4) is 0 Å². The molecule has 8 heteroatoms. The zero-order valence-electron chi connectivity index (χ0n) is 19.9. The van der Waals surface area contributed by atoms with Gasteiger partial charge in [0.05, 0.1) is 17.8 Å². The first-order valence-electron chi connectivity index (χ1n) is 12.8. The summed E-state index contributed by atoms with van der Waals surface area (Å²) in [4.78, 5) is 27.1. The van der Waals surface area contributed by atoms with Crippen molar-refractivity contribution in [3.05, 3.63) is 35.5 Å². The number of likely N-dealkylation sites (tertiary alicyclic amines) is 1. The number of aromatic nitrogens is 3. The van der Waals surface area contributed by atoms with E-state index in [1.54, 1.807) is 12.1 Å². The Morgan fingerprint density at radius 1 is 1.03 bits per heavy atom. The van der Waals surface area contributed by atoms with E-state index in [9.17, 15) is 14.7 Å². The van der Waals surface area contributed by atoms with Crippen molar-refractivity contribution in [1.82, 2.24) is 25.2 Å². The number of aryl methyl sites for hydroxylation is 1. The number of nitrogens with one attached hydrogen (secondary N) is 1. The van der Waals surface area contributed by atoms with E-state index in [1.807, 2.05) is 23.9 Å². The Kier molecular flexibility index (Phi) is 6.68. The molecule has 3 aliphatic rings. The summed E-state index contributed by atoms with van der Waals surface area (Å²) in [6.45, 7) is 4.05. The van der Waals surface area contributed by atoms with E-state index in [0.717, 1.165) is 56.8 Å². The molecule has 5 rings (SSSR count). The molecule has 2 aromatic rings. The molecule has 1 aromatic carbocycles. The zero-order valence-corrected chi connectivity index (χ0v) is 19.9. The SMILES string of the molecule is Cc1ccc(C(=O)O)c(-c2cn(C3CCC(C(=O)NC4CCN(C5CCCC5)C4)CC3)nn2)c1. The molecule has 2 N–H and O–H groups in total. The predicted octanol–water partition coefficient (Wildman–Crippen LogP) is 3.82. The number of amides is 1. The van der Waals surface area contributed by atoms with Gasteiger partial charge in [-0.2, -0.15) is 0 Å². The van der Waals surface area contributed by atoms with Gasteiger partial charge in [-0.15, -0.1) is 5.10 Å². The Bertz CT molecular complexity index is 1040. The van der Waals surface area contributed by atoms with Crippen molar-refractivity contribution in [3.63, 3.8) is 0 Å². The number of hydrogen-bond donors (Lipinski definition) is 2. The Hall–Kier alpha value is -2.74. The summed E-state index contributed by atoms with van der Waals surface area (Å²) in [5.41, 5.74) is 2.38. The van der Waals surface area contributed by atoms with E-state index in [0.29, 0.717) is 17.3 Å². The molecule has 0 spiro atoms. The average Bonchev–Trinajstić information content (AvgIpc) is 3.60. The van der Waals surface area contributed by atoms with Gasteiger partial charge in [-0.05, 0) is 64.0 Å². The predicted molar refractivity (Wildman–Crippen MR) is 129 cm³/mol. The lowest BCUT2D eigenvalue weighted by Crippen LogP contribution is -2.42. The second kappa shape index (κ2) is 9.86. The van der Waals surface area contributed by atoms with Gasteiger partial charge in [-0.25, -0.2) is 9.48 Å². The van der Waals surface area contributed by atoms with E-state index in [-0.39, 0.29) is 23.4 Å². The lowest BCUT2D eigenvalue weighted by Gasteiger charge is -2.29. The summed E-state index contributed by atoms with van der Waals surface area (Å²) in [5.74, 6) is -0.693. The van der Waals surface area contributed by atoms with Crippen LogP contribution in [0.2, 0.25) is 0 Å². The number of carbonyl (C=O) groups excluding carboxylic acids is 1. The van der Waals surface area contributed by atoms with Crippen LogP contribution in [-0.2, 0) is 4.79 Å². The van der Waals surface area contributed by atoms with E-state index in [2.05, 4.69) is 20.5 Å². The van der Waals surface area contributed by atoms with Crippen LogP contribution in [-0.4, -0.2) is 62.0 Å². The molecule has 1 aliphatic heterocycles. The quantitative estimate of drug-likeness (QED) is 0.673. The first-order chi connectivity index (χ1) is 16.5. The molecular weight excluding hydrogens is 430 g/mol. The van der Waals surface area contributed by atoms with Gasteiger partial charge < -0.3 is 10.4 Å². The molecule has 2 aliphatic carbocycles. The third kappa shape index (κ3) is 4.87. The smallest absolute Gasteiger partial charge is 0.336 e. The van der Waals surface area contributed by atoms with Gasteiger partial charge in [0.25, 0.3) is 0 Å². The van der Waals surface area contributed by atoms with Crippen LogP contribution in [0.1, 0.15) is 79.8 Å². The van der Waals surface area contributed by atoms with Crippen molar-refractivity contribution >= 4 is 11.9 Å². The van der Waals surface area contributed by atoms with Gasteiger partial charge in [-0.3, -0.25) is 9.69 Å². The molecule has 1 amide bonds. The van der Waals surface area contributed by atoms with Crippen molar-refractivity contribution in [2.45, 2.75) is 82.8 Å². The van der Waals surface area contributed by atoms with Gasteiger partial charge >= 0.3 is 5.97 Å². The number of carboxylic acid groups (broad SMARTS) is 1. The maximum atomic E-state index is 12.9. The van der Waals surface area contributed by atoms with Gasteiger partial charge in [0, 0.05) is 36.7 Å². The highest BCUT2D eigenvalue weighted by molar-refractivity contribution is 5.95.